The first kappa shape index (κ1) is 18.1. The Balaban J connectivity index is 2.51. The van der Waals surface area contributed by atoms with Crippen LogP contribution in [0.3, 0.4) is 0 Å². The number of nitrogens with two attached hydrogens (primary N) is 1. The van der Waals surface area contributed by atoms with E-state index in [1.807, 2.05) is 6.26 Å². The molecule has 0 aliphatic heterocycles. The minimum atomic E-state index is -0.407. The normalized spacial score (nSPS) is 13.0. The summed E-state index contributed by atoms with van der Waals surface area (Å²) in [4.78, 5) is 11.8. The molecule has 0 radical (unpaired) electrons. The summed E-state index contributed by atoms with van der Waals surface area (Å²) in [6.45, 7) is 7.23. The predicted molar refractivity (Wildman–Crippen MR) is 92.6 cm³/mol. The predicted octanol–water partition coefficient (Wildman–Crippen LogP) is 3.07. The molecule has 0 heterocycles. The molecule has 1 amide bonds. The van der Waals surface area contributed by atoms with Crippen molar-refractivity contribution in [1.29, 1.82) is 0 Å². The van der Waals surface area contributed by atoms with Crippen molar-refractivity contribution < 1.29 is 4.79 Å². The van der Waals surface area contributed by atoms with E-state index in [1.165, 1.54) is 5.56 Å². The lowest BCUT2D eigenvalue weighted by molar-refractivity contribution is -0.122. The van der Waals surface area contributed by atoms with Gasteiger partial charge in [0.1, 0.15) is 0 Å². The van der Waals surface area contributed by atoms with Crippen LogP contribution < -0.4 is 11.1 Å². The van der Waals surface area contributed by atoms with E-state index in [0.717, 1.165) is 24.2 Å². The van der Waals surface area contributed by atoms with Crippen LogP contribution in [0.15, 0.2) is 24.3 Å². The van der Waals surface area contributed by atoms with Crippen molar-refractivity contribution in [3.8, 4) is 0 Å². The van der Waals surface area contributed by atoms with Gasteiger partial charge in [-0.1, -0.05) is 45.0 Å². The van der Waals surface area contributed by atoms with Gasteiger partial charge in [0.25, 0.3) is 0 Å². The smallest absolute Gasteiger partial charge is 0.237 e. The molecular formula is C17H28N2OS. The highest BCUT2D eigenvalue weighted by Crippen LogP contribution is 2.26. The summed E-state index contributed by atoms with van der Waals surface area (Å²) >= 11 is 1.71. The van der Waals surface area contributed by atoms with Crippen molar-refractivity contribution >= 4 is 17.7 Å². The second-order valence-corrected chi connectivity index (χ2v) is 7.03. The third-order valence-corrected chi connectivity index (χ3v) is 4.70. The number of carbonyl (C=O) groups excluding carboxylic acids is 1. The van der Waals surface area contributed by atoms with Crippen LogP contribution in [0.4, 0.5) is 0 Å². The minimum Gasteiger partial charge on any atom is -0.351 e. The zero-order chi connectivity index (χ0) is 15.9. The van der Waals surface area contributed by atoms with Crippen LogP contribution >= 0.6 is 11.8 Å². The Hall–Kier alpha value is -1.00. The van der Waals surface area contributed by atoms with Crippen LogP contribution in [0, 0.1) is 0 Å². The molecule has 0 bridgehead atoms. The highest BCUT2D eigenvalue weighted by Gasteiger charge is 2.17. The van der Waals surface area contributed by atoms with E-state index in [-0.39, 0.29) is 11.3 Å². The summed E-state index contributed by atoms with van der Waals surface area (Å²) < 4.78 is 0. The molecular weight excluding hydrogens is 280 g/mol. The van der Waals surface area contributed by atoms with E-state index >= 15 is 0 Å². The van der Waals surface area contributed by atoms with Crippen LogP contribution in [0.1, 0.15) is 44.7 Å². The van der Waals surface area contributed by atoms with E-state index in [1.54, 1.807) is 11.8 Å². The lowest BCUT2D eigenvalue weighted by Gasteiger charge is -2.23. The Bertz CT molecular complexity index is 443. The molecule has 1 aromatic rings. The molecule has 0 aliphatic carbocycles. The largest absolute Gasteiger partial charge is 0.351 e. The lowest BCUT2D eigenvalue weighted by Crippen LogP contribution is -2.40. The summed E-state index contributed by atoms with van der Waals surface area (Å²) in [5.74, 6) is 0.845. The van der Waals surface area contributed by atoms with Gasteiger partial charge >= 0.3 is 0 Å². The van der Waals surface area contributed by atoms with Gasteiger partial charge in [-0.3, -0.25) is 4.79 Å². The molecule has 3 N–H and O–H groups in total. The van der Waals surface area contributed by atoms with Crippen LogP contribution in [-0.2, 0) is 16.8 Å². The van der Waals surface area contributed by atoms with Gasteiger partial charge in [-0.15, -0.1) is 0 Å². The first-order valence-electron chi connectivity index (χ1n) is 7.52. The van der Waals surface area contributed by atoms with Gasteiger partial charge in [-0.2, -0.15) is 11.8 Å². The highest BCUT2D eigenvalue weighted by atomic mass is 32.2. The number of benzene rings is 1. The number of carbonyl (C=O) groups is 1. The van der Waals surface area contributed by atoms with Gasteiger partial charge < -0.3 is 11.1 Å². The van der Waals surface area contributed by atoms with Gasteiger partial charge in [0.05, 0.1) is 6.04 Å². The van der Waals surface area contributed by atoms with Gasteiger partial charge in [-0.05, 0) is 41.4 Å². The number of hydrogen-bond acceptors (Lipinski definition) is 3. The van der Waals surface area contributed by atoms with Gasteiger partial charge in [0, 0.05) is 6.54 Å². The van der Waals surface area contributed by atoms with E-state index in [2.05, 4.69) is 50.4 Å². The zero-order valence-electron chi connectivity index (χ0n) is 13.6. The molecule has 1 aromatic carbocycles. The standard InChI is InChI=1S/C17H28N2OS/c1-5-17(2,3)14-8-6-13(7-9-14)12-19-16(20)15(18)10-11-21-4/h6-9,15H,5,10-12,18H2,1-4H3,(H,19,20). The number of rotatable bonds is 8. The second kappa shape index (κ2) is 8.44. The van der Waals surface area contributed by atoms with Crippen molar-refractivity contribution in [2.75, 3.05) is 12.0 Å². The van der Waals surface area contributed by atoms with Crippen molar-refractivity contribution in [3.63, 3.8) is 0 Å². The van der Waals surface area contributed by atoms with Crippen molar-refractivity contribution in [2.45, 2.75) is 51.6 Å². The topological polar surface area (TPSA) is 55.1 Å². The Morgan fingerprint density at radius 1 is 1.33 bits per heavy atom. The maximum Gasteiger partial charge on any atom is 0.237 e. The maximum atomic E-state index is 11.8. The molecule has 1 unspecified atom stereocenters. The third-order valence-electron chi connectivity index (χ3n) is 4.06. The van der Waals surface area contributed by atoms with Crippen LogP contribution in [0.2, 0.25) is 0 Å². The van der Waals surface area contributed by atoms with E-state index in [4.69, 9.17) is 5.73 Å². The summed E-state index contributed by atoms with van der Waals surface area (Å²) in [5, 5.41) is 2.91. The van der Waals surface area contributed by atoms with Gasteiger partial charge in [0.2, 0.25) is 5.91 Å². The summed E-state index contributed by atoms with van der Waals surface area (Å²) in [5.41, 5.74) is 8.48. The number of nitrogens with one attached hydrogen (secondary N) is 1. The second-order valence-electron chi connectivity index (χ2n) is 6.04. The van der Waals surface area contributed by atoms with Gasteiger partial charge in [-0.25, -0.2) is 0 Å². The highest BCUT2D eigenvalue weighted by molar-refractivity contribution is 7.98. The number of amides is 1. The molecule has 118 valence electrons. The molecule has 0 saturated heterocycles. The van der Waals surface area contributed by atoms with E-state index < -0.39 is 6.04 Å². The van der Waals surface area contributed by atoms with Crippen LogP contribution in [0.25, 0.3) is 0 Å². The molecule has 1 rings (SSSR count). The molecule has 3 nitrogen and oxygen atoms in total. The summed E-state index contributed by atoms with van der Waals surface area (Å²) in [6.07, 6.45) is 3.84. The van der Waals surface area contributed by atoms with Crippen molar-refractivity contribution in [2.24, 2.45) is 5.73 Å². The van der Waals surface area contributed by atoms with Crippen molar-refractivity contribution in [1.82, 2.24) is 5.32 Å². The first-order valence-corrected chi connectivity index (χ1v) is 8.91. The fourth-order valence-corrected chi connectivity index (χ4v) is 2.46. The molecule has 21 heavy (non-hydrogen) atoms. The molecule has 0 aliphatic rings. The monoisotopic (exact) mass is 308 g/mol. The average Bonchev–Trinajstić information content (AvgIpc) is 2.50. The Morgan fingerprint density at radius 2 is 1.95 bits per heavy atom. The zero-order valence-corrected chi connectivity index (χ0v) is 14.4. The number of hydrogen-bond donors (Lipinski definition) is 2. The van der Waals surface area contributed by atoms with E-state index in [0.29, 0.717) is 6.54 Å². The Labute approximate surface area is 133 Å². The molecule has 1 atom stereocenters. The third kappa shape index (κ3) is 5.71. The molecule has 0 saturated carbocycles. The average molecular weight is 308 g/mol. The Kier molecular flexibility index (Phi) is 7.26. The summed E-state index contributed by atoms with van der Waals surface area (Å²) in [7, 11) is 0. The van der Waals surface area contributed by atoms with Crippen LogP contribution in [-0.4, -0.2) is 24.0 Å². The maximum absolute atomic E-state index is 11.8. The van der Waals surface area contributed by atoms with E-state index in [9.17, 15) is 4.79 Å². The van der Waals surface area contributed by atoms with Gasteiger partial charge in [0.15, 0.2) is 0 Å². The fraction of sp³-hybridized carbons (Fsp3) is 0.588. The van der Waals surface area contributed by atoms with Crippen LogP contribution in [0.5, 0.6) is 0 Å². The van der Waals surface area contributed by atoms with Crippen molar-refractivity contribution in [3.05, 3.63) is 35.4 Å². The SMILES string of the molecule is CCC(C)(C)c1ccc(CNC(=O)C(N)CCSC)cc1. The molecule has 4 heteroatoms. The summed E-state index contributed by atoms with van der Waals surface area (Å²) in [6, 6.07) is 8.06. The minimum absolute atomic E-state index is 0.0676. The molecule has 0 spiro atoms. The first-order chi connectivity index (χ1) is 9.90. The number of thioether (sulfide) groups is 1. The quantitative estimate of drug-likeness (QED) is 0.776. The lowest BCUT2D eigenvalue weighted by atomic mass is 9.82. The Morgan fingerprint density at radius 3 is 2.48 bits per heavy atom. The fourth-order valence-electron chi connectivity index (χ4n) is 1.97. The molecule has 0 aromatic heterocycles. The molecule has 0 fully saturated rings.